The van der Waals surface area contributed by atoms with E-state index in [1.807, 2.05) is 24.3 Å². The lowest BCUT2D eigenvalue weighted by atomic mass is 10.2. The number of sulfonamides is 1. The Morgan fingerprint density at radius 2 is 1.87 bits per heavy atom. The van der Waals surface area contributed by atoms with Gasteiger partial charge in [0.15, 0.2) is 0 Å². The summed E-state index contributed by atoms with van der Waals surface area (Å²) >= 11 is 0. The van der Waals surface area contributed by atoms with Crippen molar-refractivity contribution in [1.29, 1.82) is 0 Å². The van der Waals surface area contributed by atoms with Gasteiger partial charge >= 0.3 is 0 Å². The highest BCUT2D eigenvalue weighted by molar-refractivity contribution is 7.89. The summed E-state index contributed by atoms with van der Waals surface area (Å²) < 4.78 is 32.3. The quantitative estimate of drug-likeness (QED) is 0.198. The number of benzene rings is 1. The SMILES string of the molecule is CCCCCC#CC(CS(=O)(=O)N1CCN(c2ccc(OC)cc2)CC1)N(O)C=O. The van der Waals surface area contributed by atoms with E-state index in [9.17, 15) is 18.4 Å². The maximum absolute atomic E-state index is 12.8. The molecular weight excluding hydrogens is 406 g/mol. The van der Waals surface area contributed by atoms with Crippen LogP contribution in [0.4, 0.5) is 5.69 Å². The average molecular weight is 438 g/mol. The minimum atomic E-state index is -3.68. The molecule has 166 valence electrons. The highest BCUT2D eigenvalue weighted by Crippen LogP contribution is 2.21. The third-order valence-electron chi connectivity index (χ3n) is 5.04. The predicted octanol–water partition coefficient (Wildman–Crippen LogP) is 1.95. The van der Waals surface area contributed by atoms with E-state index in [2.05, 4.69) is 23.7 Å². The number of hydrogen-bond donors (Lipinski definition) is 1. The molecule has 0 saturated carbocycles. The lowest BCUT2D eigenvalue weighted by molar-refractivity contribution is -0.153. The van der Waals surface area contributed by atoms with Crippen molar-refractivity contribution >= 4 is 22.1 Å². The highest BCUT2D eigenvalue weighted by atomic mass is 32.2. The fourth-order valence-electron chi connectivity index (χ4n) is 3.23. The molecule has 1 heterocycles. The van der Waals surface area contributed by atoms with E-state index in [0.717, 1.165) is 30.7 Å². The van der Waals surface area contributed by atoms with E-state index in [1.165, 1.54) is 4.31 Å². The standard InChI is InChI=1S/C21H31N3O5S/c1-3-4-5-6-7-8-20(24(26)18-25)17-30(27,28)23-15-13-22(14-16-23)19-9-11-21(29-2)12-10-19/h9-12,18,20,26H,3-6,13-17H2,1-2H3. The summed E-state index contributed by atoms with van der Waals surface area (Å²) in [7, 11) is -2.07. The Morgan fingerprint density at radius 1 is 1.20 bits per heavy atom. The number of carbonyl (C=O) groups excluding carboxylic acids is 1. The molecule has 1 fully saturated rings. The summed E-state index contributed by atoms with van der Waals surface area (Å²) in [6.45, 7) is 3.85. The van der Waals surface area contributed by atoms with Gasteiger partial charge < -0.3 is 9.64 Å². The van der Waals surface area contributed by atoms with Crippen molar-refractivity contribution < 1.29 is 23.2 Å². The third kappa shape index (κ3) is 6.90. The molecule has 1 aromatic carbocycles. The van der Waals surface area contributed by atoms with Gasteiger partial charge in [0.2, 0.25) is 16.4 Å². The molecule has 1 aliphatic heterocycles. The number of methoxy groups -OCH3 is 1. The Morgan fingerprint density at radius 3 is 2.43 bits per heavy atom. The van der Waals surface area contributed by atoms with Crippen molar-refractivity contribution in [1.82, 2.24) is 9.37 Å². The number of nitrogens with zero attached hydrogens (tertiary/aromatic N) is 3. The van der Waals surface area contributed by atoms with E-state index < -0.39 is 21.8 Å². The minimum absolute atomic E-state index is 0.197. The maximum atomic E-state index is 12.8. The Balaban J connectivity index is 1.97. The van der Waals surface area contributed by atoms with E-state index in [4.69, 9.17) is 4.74 Å². The van der Waals surface area contributed by atoms with Gasteiger partial charge in [-0.2, -0.15) is 4.31 Å². The third-order valence-corrected chi connectivity index (χ3v) is 6.93. The van der Waals surface area contributed by atoms with Crippen molar-refractivity contribution in [3.05, 3.63) is 24.3 Å². The van der Waals surface area contributed by atoms with Gasteiger partial charge in [-0.05, 0) is 30.7 Å². The second-order valence-corrected chi connectivity index (χ2v) is 9.16. The van der Waals surface area contributed by atoms with E-state index >= 15 is 0 Å². The zero-order chi connectivity index (χ0) is 22.0. The van der Waals surface area contributed by atoms with Gasteiger partial charge in [0.05, 0.1) is 12.9 Å². The first kappa shape index (κ1) is 24.0. The van der Waals surface area contributed by atoms with Crippen LogP contribution in [-0.2, 0) is 14.8 Å². The van der Waals surface area contributed by atoms with Gasteiger partial charge in [-0.1, -0.05) is 25.7 Å². The van der Waals surface area contributed by atoms with Crippen molar-refractivity contribution in [2.75, 3.05) is 43.9 Å². The van der Waals surface area contributed by atoms with Crippen LogP contribution >= 0.6 is 0 Å². The first-order chi connectivity index (χ1) is 14.4. The van der Waals surface area contributed by atoms with E-state index in [1.54, 1.807) is 7.11 Å². The molecule has 0 radical (unpaired) electrons. The first-order valence-electron chi connectivity index (χ1n) is 10.2. The monoisotopic (exact) mass is 437 g/mol. The zero-order valence-corrected chi connectivity index (χ0v) is 18.5. The van der Waals surface area contributed by atoms with Crippen LogP contribution in [0.1, 0.15) is 32.6 Å². The zero-order valence-electron chi connectivity index (χ0n) is 17.7. The Kier molecular flexibility index (Phi) is 9.43. The number of anilines is 1. The van der Waals surface area contributed by atoms with Gasteiger partial charge in [-0.3, -0.25) is 10.0 Å². The molecule has 1 atom stereocenters. The Hall–Kier alpha value is -2.28. The van der Waals surface area contributed by atoms with Crippen LogP contribution < -0.4 is 9.64 Å². The summed E-state index contributed by atoms with van der Waals surface area (Å²) in [4.78, 5) is 13.1. The molecule has 2 rings (SSSR count). The molecule has 0 aliphatic carbocycles. The number of hydroxylamine groups is 2. The number of ether oxygens (including phenoxy) is 1. The largest absolute Gasteiger partial charge is 0.497 e. The number of carbonyl (C=O) groups is 1. The van der Waals surface area contributed by atoms with Gasteiger partial charge in [-0.25, -0.2) is 13.5 Å². The van der Waals surface area contributed by atoms with Crippen LogP contribution in [0.15, 0.2) is 24.3 Å². The van der Waals surface area contributed by atoms with Gasteiger partial charge in [0, 0.05) is 38.3 Å². The Labute approximate surface area is 179 Å². The first-order valence-corrected chi connectivity index (χ1v) is 11.8. The molecule has 1 N–H and O–H groups in total. The van der Waals surface area contributed by atoms with Gasteiger partial charge in [0.25, 0.3) is 0 Å². The second kappa shape index (κ2) is 11.8. The molecule has 1 amide bonds. The fourth-order valence-corrected chi connectivity index (χ4v) is 4.80. The van der Waals surface area contributed by atoms with Crippen LogP contribution in [0.2, 0.25) is 0 Å². The van der Waals surface area contributed by atoms with Crippen LogP contribution in [0.25, 0.3) is 0 Å². The van der Waals surface area contributed by atoms with Crippen molar-refractivity contribution in [3.8, 4) is 17.6 Å². The average Bonchev–Trinajstić information content (AvgIpc) is 2.77. The Bertz CT molecular complexity index is 824. The summed E-state index contributed by atoms with van der Waals surface area (Å²) in [6.07, 6.45) is 3.80. The molecule has 1 aromatic rings. The summed E-state index contributed by atoms with van der Waals surface area (Å²) in [5, 5.41) is 10.1. The van der Waals surface area contributed by atoms with Crippen LogP contribution in [0.3, 0.4) is 0 Å². The lowest BCUT2D eigenvalue weighted by Gasteiger charge is -2.36. The molecule has 1 aliphatic rings. The number of rotatable bonds is 10. The van der Waals surface area contributed by atoms with E-state index in [-0.39, 0.29) is 6.41 Å². The van der Waals surface area contributed by atoms with Crippen molar-refractivity contribution in [2.45, 2.75) is 38.6 Å². The predicted molar refractivity (Wildman–Crippen MR) is 116 cm³/mol. The number of unbranched alkanes of at least 4 members (excludes halogenated alkanes) is 3. The highest BCUT2D eigenvalue weighted by Gasteiger charge is 2.31. The molecule has 0 spiro atoms. The van der Waals surface area contributed by atoms with Crippen LogP contribution in [-0.4, -0.2) is 74.5 Å². The smallest absolute Gasteiger partial charge is 0.234 e. The number of amides is 1. The van der Waals surface area contributed by atoms with Gasteiger partial charge in [-0.15, -0.1) is 5.92 Å². The molecule has 8 nitrogen and oxygen atoms in total. The second-order valence-electron chi connectivity index (χ2n) is 7.14. The molecule has 1 unspecified atom stereocenters. The summed E-state index contributed by atoms with van der Waals surface area (Å²) in [5.74, 6) is 5.97. The number of piperazine rings is 1. The molecule has 30 heavy (non-hydrogen) atoms. The van der Waals surface area contributed by atoms with E-state index in [0.29, 0.717) is 37.7 Å². The summed E-state index contributed by atoms with van der Waals surface area (Å²) in [6, 6.07) is 6.56. The maximum Gasteiger partial charge on any atom is 0.234 e. The molecule has 1 saturated heterocycles. The molecule has 0 bridgehead atoms. The lowest BCUT2D eigenvalue weighted by Crippen LogP contribution is -2.51. The van der Waals surface area contributed by atoms with Crippen LogP contribution in [0.5, 0.6) is 5.75 Å². The minimum Gasteiger partial charge on any atom is -0.497 e. The molecule has 0 aromatic heterocycles. The number of hydrogen-bond acceptors (Lipinski definition) is 6. The molecule has 9 heteroatoms. The topological polar surface area (TPSA) is 90.4 Å². The fraction of sp³-hybridized carbons (Fsp3) is 0.571. The van der Waals surface area contributed by atoms with Gasteiger partial charge in [0.1, 0.15) is 11.8 Å². The van der Waals surface area contributed by atoms with Crippen LogP contribution in [0, 0.1) is 11.8 Å². The van der Waals surface area contributed by atoms with Crippen molar-refractivity contribution in [3.63, 3.8) is 0 Å². The molecular formula is C21H31N3O5S. The normalized spacial score (nSPS) is 15.8. The summed E-state index contributed by atoms with van der Waals surface area (Å²) in [5.41, 5.74) is 1.01. The van der Waals surface area contributed by atoms with Crippen molar-refractivity contribution in [2.24, 2.45) is 0 Å².